The van der Waals surface area contributed by atoms with Crippen LogP contribution in [0.4, 0.5) is 18.9 Å². The summed E-state index contributed by atoms with van der Waals surface area (Å²) in [5.41, 5.74) is 5.19. The van der Waals surface area contributed by atoms with E-state index in [4.69, 9.17) is 0 Å². The summed E-state index contributed by atoms with van der Waals surface area (Å²) in [7, 11) is 0. The van der Waals surface area contributed by atoms with Crippen LogP contribution in [0.2, 0.25) is 0 Å². The molecule has 0 spiro atoms. The molecule has 126 valence electrons. The molecule has 0 saturated carbocycles. The first kappa shape index (κ1) is 18.5. The zero-order chi connectivity index (χ0) is 17.6. The molecule has 3 amide bonds. The lowest BCUT2D eigenvalue weighted by Crippen LogP contribution is -2.47. The van der Waals surface area contributed by atoms with Gasteiger partial charge in [-0.3, -0.25) is 25.2 Å². The second-order valence-corrected chi connectivity index (χ2v) is 4.87. The Bertz CT molecular complexity index is 615. The van der Waals surface area contributed by atoms with Crippen LogP contribution in [0.3, 0.4) is 0 Å². The fourth-order valence-corrected chi connectivity index (χ4v) is 1.57. The maximum absolute atomic E-state index is 11.9. The minimum absolute atomic E-state index is 0.235. The molecule has 0 saturated heterocycles. The number of rotatable bonds is 4. The van der Waals surface area contributed by atoms with E-state index in [1.165, 1.54) is 5.43 Å². The number of hydrogen-bond acceptors (Lipinski definition) is 3. The summed E-state index contributed by atoms with van der Waals surface area (Å²) in [6.07, 6.45) is -5.69. The highest BCUT2D eigenvalue weighted by Gasteiger charge is 2.38. The minimum Gasteiger partial charge on any atom is -0.326 e. The van der Waals surface area contributed by atoms with Gasteiger partial charge in [-0.2, -0.15) is 13.2 Å². The summed E-state index contributed by atoms with van der Waals surface area (Å²) in [4.78, 5) is 33.5. The first-order valence-corrected chi connectivity index (χ1v) is 6.62. The number of alkyl halides is 3. The molecule has 9 heteroatoms. The number of nitrogens with one attached hydrogen (secondary N) is 3. The lowest BCUT2D eigenvalue weighted by molar-refractivity contribution is -0.175. The van der Waals surface area contributed by atoms with Crippen LogP contribution < -0.4 is 16.2 Å². The molecule has 23 heavy (non-hydrogen) atoms. The van der Waals surface area contributed by atoms with Gasteiger partial charge in [-0.05, 0) is 31.0 Å². The standard InChI is InChI=1S/C14H16F3N3O3/c1-8-3-4-9(2)10(7-8)18-11(21)5-6-12(22)19-20-13(23)14(15,16)17/h3-4,7H,5-6H2,1-2H3,(H,18,21)(H,19,22)(H,20,23). The molecule has 0 bridgehead atoms. The van der Waals surface area contributed by atoms with Gasteiger partial charge in [0.05, 0.1) is 0 Å². The van der Waals surface area contributed by atoms with Crippen LogP contribution in [0.15, 0.2) is 18.2 Å². The van der Waals surface area contributed by atoms with Crippen LogP contribution in [0.25, 0.3) is 0 Å². The smallest absolute Gasteiger partial charge is 0.326 e. The van der Waals surface area contributed by atoms with Crippen molar-refractivity contribution in [2.45, 2.75) is 32.9 Å². The van der Waals surface area contributed by atoms with Gasteiger partial charge in [-0.25, -0.2) is 0 Å². The topological polar surface area (TPSA) is 87.3 Å². The van der Waals surface area contributed by atoms with Crippen LogP contribution in [-0.4, -0.2) is 23.9 Å². The molecule has 3 N–H and O–H groups in total. The van der Waals surface area contributed by atoms with Gasteiger partial charge in [0.25, 0.3) is 0 Å². The van der Waals surface area contributed by atoms with E-state index in [1.54, 1.807) is 18.4 Å². The molecular weight excluding hydrogens is 315 g/mol. The van der Waals surface area contributed by atoms with Gasteiger partial charge >= 0.3 is 12.1 Å². The van der Waals surface area contributed by atoms with E-state index in [9.17, 15) is 27.6 Å². The largest absolute Gasteiger partial charge is 0.472 e. The number of benzene rings is 1. The third kappa shape index (κ3) is 6.37. The van der Waals surface area contributed by atoms with Crippen LogP contribution >= 0.6 is 0 Å². The zero-order valence-corrected chi connectivity index (χ0v) is 12.5. The first-order valence-electron chi connectivity index (χ1n) is 6.62. The number of carbonyl (C=O) groups excluding carboxylic acids is 3. The van der Waals surface area contributed by atoms with E-state index in [-0.39, 0.29) is 12.8 Å². The summed E-state index contributed by atoms with van der Waals surface area (Å²) < 4.78 is 35.7. The maximum Gasteiger partial charge on any atom is 0.472 e. The Kier molecular flexibility index (Phi) is 6.11. The van der Waals surface area contributed by atoms with E-state index in [0.717, 1.165) is 11.1 Å². The normalized spacial score (nSPS) is 10.8. The van der Waals surface area contributed by atoms with Crippen LogP contribution in [-0.2, 0) is 14.4 Å². The molecule has 1 aromatic carbocycles. The molecule has 1 aromatic rings. The molecule has 0 radical (unpaired) electrons. The number of anilines is 1. The van der Waals surface area contributed by atoms with Crippen molar-refractivity contribution in [3.63, 3.8) is 0 Å². The van der Waals surface area contributed by atoms with E-state index in [1.807, 2.05) is 19.1 Å². The lowest BCUT2D eigenvalue weighted by Gasteiger charge is -2.10. The molecule has 0 fully saturated rings. The Morgan fingerprint density at radius 2 is 1.61 bits per heavy atom. The number of hydrogen-bond donors (Lipinski definition) is 3. The van der Waals surface area contributed by atoms with Gasteiger partial charge < -0.3 is 5.32 Å². The van der Waals surface area contributed by atoms with Gasteiger partial charge in [0.2, 0.25) is 11.8 Å². The predicted molar refractivity (Wildman–Crippen MR) is 76.1 cm³/mol. The Balaban J connectivity index is 2.40. The van der Waals surface area contributed by atoms with E-state index in [2.05, 4.69) is 5.32 Å². The summed E-state index contributed by atoms with van der Waals surface area (Å²) in [6.45, 7) is 3.65. The van der Waals surface area contributed by atoms with Crippen molar-refractivity contribution in [3.05, 3.63) is 29.3 Å². The van der Waals surface area contributed by atoms with Crippen molar-refractivity contribution in [1.29, 1.82) is 0 Å². The first-order chi connectivity index (χ1) is 10.6. The van der Waals surface area contributed by atoms with Crippen molar-refractivity contribution in [2.24, 2.45) is 0 Å². The van der Waals surface area contributed by atoms with Gasteiger partial charge in [0.15, 0.2) is 0 Å². The van der Waals surface area contributed by atoms with Crippen LogP contribution in [0.5, 0.6) is 0 Å². The molecule has 0 aliphatic heterocycles. The minimum atomic E-state index is -5.09. The molecular formula is C14H16F3N3O3. The van der Waals surface area contributed by atoms with Crippen molar-refractivity contribution in [2.75, 3.05) is 5.32 Å². The molecule has 0 aliphatic rings. The SMILES string of the molecule is Cc1ccc(C)c(NC(=O)CCC(=O)NNC(=O)C(F)(F)F)c1. The summed E-state index contributed by atoms with van der Waals surface area (Å²) in [5, 5.41) is 2.61. The molecule has 0 aromatic heterocycles. The molecule has 6 nitrogen and oxygen atoms in total. The Labute approximate surface area is 130 Å². The Morgan fingerprint density at radius 1 is 1.00 bits per heavy atom. The number of aryl methyl sites for hydroxylation is 2. The van der Waals surface area contributed by atoms with Gasteiger partial charge in [-0.15, -0.1) is 0 Å². The molecule has 1 rings (SSSR count). The monoisotopic (exact) mass is 331 g/mol. The Morgan fingerprint density at radius 3 is 2.22 bits per heavy atom. The lowest BCUT2D eigenvalue weighted by atomic mass is 10.1. The molecule has 0 unspecified atom stereocenters. The molecule has 0 aliphatic carbocycles. The van der Waals surface area contributed by atoms with Gasteiger partial charge in [0, 0.05) is 18.5 Å². The average Bonchev–Trinajstić information content (AvgIpc) is 2.45. The van der Waals surface area contributed by atoms with E-state index in [0.29, 0.717) is 5.69 Å². The predicted octanol–water partition coefficient (Wildman–Crippen LogP) is 1.73. The summed E-state index contributed by atoms with van der Waals surface area (Å²) >= 11 is 0. The zero-order valence-electron chi connectivity index (χ0n) is 12.5. The number of amides is 3. The molecule has 0 heterocycles. The van der Waals surface area contributed by atoms with Gasteiger partial charge in [-0.1, -0.05) is 12.1 Å². The Hall–Kier alpha value is -2.58. The quantitative estimate of drug-likeness (QED) is 0.734. The van der Waals surface area contributed by atoms with E-state index >= 15 is 0 Å². The van der Waals surface area contributed by atoms with Crippen LogP contribution in [0.1, 0.15) is 24.0 Å². The molecule has 0 atom stereocenters. The summed E-state index contributed by atoms with van der Waals surface area (Å²) in [6, 6.07) is 5.46. The average molecular weight is 331 g/mol. The fraction of sp³-hybridized carbons (Fsp3) is 0.357. The summed E-state index contributed by atoms with van der Waals surface area (Å²) in [5.74, 6) is -3.65. The van der Waals surface area contributed by atoms with Crippen molar-refractivity contribution in [1.82, 2.24) is 10.9 Å². The van der Waals surface area contributed by atoms with Gasteiger partial charge in [0.1, 0.15) is 0 Å². The third-order valence-corrected chi connectivity index (χ3v) is 2.82. The van der Waals surface area contributed by atoms with Crippen LogP contribution in [0, 0.1) is 13.8 Å². The number of hydrazine groups is 1. The van der Waals surface area contributed by atoms with Crippen molar-refractivity contribution in [3.8, 4) is 0 Å². The second-order valence-electron chi connectivity index (χ2n) is 4.87. The van der Waals surface area contributed by atoms with Crippen molar-refractivity contribution < 1.29 is 27.6 Å². The third-order valence-electron chi connectivity index (χ3n) is 2.82. The second kappa shape index (κ2) is 7.61. The highest BCUT2D eigenvalue weighted by Crippen LogP contribution is 2.16. The maximum atomic E-state index is 11.9. The highest BCUT2D eigenvalue weighted by atomic mass is 19.4. The van der Waals surface area contributed by atoms with Crippen molar-refractivity contribution >= 4 is 23.4 Å². The number of halogens is 3. The highest BCUT2D eigenvalue weighted by molar-refractivity contribution is 5.94. The number of carbonyl (C=O) groups is 3. The van der Waals surface area contributed by atoms with E-state index < -0.39 is 23.9 Å². The fourth-order valence-electron chi connectivity index (χ4n) is 1.57.